The van der Waals surface area contributed by atoms with E-state index in [9.17, 15) is 13.2 Å². The monoisotopic (exact) mass is 370 g/mol. The third kappa shape index (κ3) is 3.57. The zero-order valence-electron chi connectivity index (χ0n) is 13.9. The second-order valence-corrected chi connectivity index (χ2v) is 5.77. The molecule has 6 nitrogen and oxygen atoms in total. The van der Waals surface area contributed by atoms with Gasteiger partial charge in [-0.2, -0.15) is 18.3 Å². The number of para-hydroxylation sites is 1. The number of rotatable bonds is 4. The van der Waals surface area contributed by atoms with Crippen LogP contribution < -0.4 is 5.32 Å². The summed E-state index contributed by atoms with van der Waals surface area (Å²) in [5.74, 6) is -1.02. The highest BCUT2D eigenvalue weighted by Crippen LogP contribution is 2.30. The summed E-state index contributed by atoms with van der Waals surface area (Å²) in [6.07, 6.45) is -1.59. The van der Waals surface area contributed by atoms with E-state index < -0.39 is 12.0 Å². The van der Waals surface area contributed by atoms with Crippen molar-refractivity contribution < 1.29 is 13.2 Å². The molecule has 0 amide bonds. The fraction of sp³-hybridized carbons (Fsp3) is 0.111. The largest absolute Gasteiger partial charge is 0.451 e. The molecule has 0 aliphatic carbocycles. The third-order valence-corrected chi connectivity index (χ3v) is 3.94. The molecule has 0 aliphatic heterocycles. The van der Waals surface area contributed by atoms with Crippen molar-refractivity contribution in [1.29, 1.82) is 0 Å². The van der Waals surface area contributed by atoms with Gasteiger partial charge in [-0.1, -0.05) is 24.3 Å². The quantitative estimate of drug-likeness (QED) is 0.591. The minimum atomic E-state index is -4.61. The van der Waals surface area contributed by atoms with E-state index in [-0.39, 0.29) is 11.3 Å². The van der Waals surface area contributed by atoms with E-state index >= 15 is 0 Å². The van der Waals surface area contributed by atoms with Gasteiger partial charge < -0.3 is 5.32 Å². The van der Waals surface area contributed by atoms with Gasteiger partial charge in [0.1, 0.15) is 18.5 Å². The topological polar surface area (TPSA) is 68.5 Å². The molecule has 2 heterocycles. The first-order chi connectivity index (χ1) is 13.0. The number of nitrogens with one attached hydrogen (secondary N) is 1. The number of fused-ring (bicyclic) bond motifs is 1. The summed E-state index contributed by atoms with van der Waals surface area (Å²) in [4.78, 5) is 11.2. The van der Waals surface area contributed by atoms with E-state index in [1.165, 1.54) is 12.4 Å². The minimum absolute atomic E-state index is 0.147. The van der Waals surface area contributed by atoms with Crippen LogP contribution in [0.3, 0.4) is 0 Å². The maximum atomic E-state index is 13.1. The molecule has 0 aliphatic rings. The molecule has 0 bridgehead atoms. The van der Waals surface area contributed by atoms with Gasteiger partial charge in [-0.15, -0.1) is 0 Å². The Hall–Kier alpha value is -3.49. The lowest BCUT2D eigenvalue weighted by Gasteiger charge is -2.12. The lowest BCUT2D eigenvalue weighted by Crippen LogP contribution is -2.13. The Morgan fingerprint density at radius 2 is 1.74 bits per heavy atom. The van der Waals surface area contributed by atoms with E-state index in [0.29, 0.717) is 11.9 Å². The van der Waals surface area contributed by atoms with Crippen molar-refractivity contribution in [2.75, 3.05) is 5.32 Å². The number of nitrogens with zero attached hydrogens (tertiary/aromatic N) is 5. The van der Waals surface area contributed by atoms with E-state index in [1.54, 1.807) is 29.2 Å². The van der Waals surface area contributed by atoms with E-state index in [4.69, 9.17) is 0 Å². The Morgan fingerprint density at radius 3 is 2.44 bits per heavy atom. The Morgan fingerprint density at radius 1 is 0.963 bits per heavy atom. The molecule has 4 aromatic rings. The lowest BCUT2D eigenvalue weighted by atomic mass is 10.2. The van der Waals surface area contributed by atoms with Crippen LogP contribution in [0.4, 0.5) is 19.0 Å². The summed E-state index contributed by atoms with van der Waals surface area (Å²) in [6.45, 7) is 0.315. The molecule has 2 aromatic carbocycles. The summed E-state index contributed by atoms with van der Waals surface area (Å²) < 4.78 is 40.8. The highest BCUT2D eigenvalue weighted by Gasteiger charge is 2.35. The number of alkyl halides is 3. The van der Waals surface area contributed by atoms with Gasteiger partial charge in [-0.25, -0.2) is 19.6 Å². The van der Waals surface area contributed by atoms with Crippen molar-refractivity contribution in [2.24, 2.45) is 0 Å². The smallest absolute Gasteiger partial charge is 0.365 e. The number of halogens is 3. The molecule has 0 saturated heterocycles. The highest BCUT2D eigenvalue weighted by molar-refractivity contribution is 5.89. The van der Waals surface area contributed by atoms with Crippen LogP contribution in [0.25, 0.3) is 16.6 Å². The molecule has 0 radical (unpaired) electrons. The van der Waals surface area contributed by atoms with Crippen molar-refractivity contribution in [3.8, 4) is 5.69 Å². The van der Waals surface area contributed by atoms with Gasteiger partial charge in [0.25, 0.3) is 0 Å². The predicted octanol–water partition coefficient (Wildman–Crippen LogP) is 3.84. The molecule has 27 heavy (non-hydrogen) atoms. The fourth-order valence-electron chi connectivity index (χ4n) is 2.63. The first-order valence-corrected chi connectivity index (χ1v) is 8.02. The molecule has 0 fully saturated rings. The van der Waals surface area contributed by atoms with Gasteiger partial charge >= 0.3 is 6.18 Å². The van der Waals surface area contributed by atoms with Gasteiger partial charge in [0.05, 0.1) is 11.2 Å². The van der Waals surface area contributed by atoms with Crippen molar-refractivity contribution in [3.63, 3.8) is 0 Å². The Balaban J connectivity index is 1.60. The minimum Gasteiger partial charge on any atom is -0.365 e. The SMILES string of the molecule is FC(F)(F)c1nc(NCc2ccc(-n3cncn3)cc2)c2ccccc2n1. The first-order valence-electron chi connectivity index (χ1n) is 8.02. The number of benzene rings is 2. The highest BCUT2D eigenvalue weighted by atomic mass is 19.4. The molecular weight excluding hydrogens is 357 g/mol. The average Bonchev–Trinajstić information content (AvgIpc) is 3.20. The number of aromatic nitrogens is 5. The summed E-state index contributed by atoms with van der Waals surface area (Å²) in [7, 11) is 0. The molecule has 1 N–H and O–H groups in total. The van der Waals surface area contributed by atoms with Gasteiger partial charge in [0.15, 0.2) is 0 Å². The Labute approximate surface area is 151 Å². The van der Waals surface area contributed by atoms with E-state index in [2.05, 4.69) is 25.4 Å². The molecule has 0 atom stereocenters. The first kappa shape index (κ1) is 17.0. The number of hydrogen-bond acceptors (Lipinski definition) is 5. The average molecular weight is 370 g/mol. The van der Waals surface area contributed by atoms with Crippen LogP contribution >= 0.6 is 0 Å². The summed E-state index contributed by atoms with van der Waals surface area (Å²) in [5.41, 5.74) is 1.96. The van der Waals surface area contributed by atoms with Crippen LogP contribution in [0.5, 0.6) is 0 Å². The van der Waals surface area contributed by atoms with Gasteiger partial charge in [-0.3, -0.25) is 0 Å². The zero-order chi connectivity index (χ0) is 18.9. The van der Waals surface area contributed by atoms with E-state index in [1.807, 2.05) is 24.3 Å². The van der Waals surface area contributed by atoms with Crippen molar-refractivity contribution in [1.82, 2.24) is 24.7 Å². The number of anilines is 1. The predicted molar refractivity (Wildman–Crippen MR) is 93.2 cm³/mol. The number of hydrogen-bond donors (Lipinski definition) is 1. The molecule has 0 saturated carbocycles. The normalized spacial score (nSPS) is 11.7. The zero-order valence-corrected chi connectivity index (χ0v) is 13.9. The maximum Gasteiger partial charge on any atom is 0.451 e. The summed E-state index contributed by atoms with van der Waals surface area (Å²) >= 11 is 0. The second-order valence-electron chi connectivity index (χ2n) is 5.77. The molecule has 0 spiro atoms. The van der Waals surface area contributed by atoms with Crippen molar-refractivity contribution >= 4 is 16.7 Å². The summed E-state index contributed by atoms with van der Waals surface area (Å²) in [6, 6.07) is 14.0. The van der Waals surface area contributed by atoms with Crippen LogP contribution in [0.1, 0.15) is 11.4 Å². The Kier molecular flexibility index (Phi) is 4.19. The lowest BCUT2D eigenvalue weighted by molar-refractivity contribution is -0.144. The van der Waals surface area contributed by atoms with Gasteiger partial charge in [0.2, 0.25) is 5.82 Å². The summed E-state index contributed by atoms with van der Waals surface area (Å²) in [5, 5.41) is 7.56. The van der Waals surface area contributed by atoms with Crippen LogP contribution in [0, 0.1) is 0 Å². The van der Waals surface area contributed by atoms with E-state index in [0.717, 1.165) is 11.3 Å². The molecular formula is C18H13F3N6. The molecule has 2 aromatic heterocycles. The van der Waals surface area contributed by atoms with Crippen molar-refractivity contribution in [3.05, 3.63) is 72.6 Å². The second kappa shape index (κ2) is 6.67. The fourth-order valence-corrected chi connectivity index (χ4v) is 2.63. The van der Waals surface area contributed by atoms with Gasteiger partial charge in [0, 0.05) is 11.9 Å². The Bertz CT molecular complexity index is 1060. The standard InChI is InChI=1S/C18H13F3N6/c19-18(20,21)17-25-15-4-2-1-3-14(15)16(26-17)23-9-12-5-7-13(8-6-12)27-11-22-10-24-27/h1-8,10-11H,9H2,(H,23,25,26). The van der Waals surface area contributed by atoms with Crippen LogP contribution in [-0.2, 0) is 12.7 Å². The van der Waals surface area contributed by atoms with Crippen LogP contribution in [0.15, 0.2) is 61.2 Å². The van der Waals surface area contributed by atoms with Crippen LogP contribution in [-0.4, -0.2) is 24.7 Å². The van der Waals surface area contributed by atoms with Gasteiger partial charge in [-0.05, 0) is 29.8 Å². The molecule has 9 heteroatoms. The van der Waals surface area contributed by atoms with Crippen molar-refractivity contribution in [2.45, 2.75) is 12.7 Å². The molecule has 4 rings (SSSR count). The maximum absolute atomic E-state index is 13.1. The molecule has 136 valence electrons. The molecule has 0 unspecified atom stereocenters. The van der Waals surface area contributed by atoms with Crippen LogP contribution in [0.2, 0.25) is 0 Å². The third-order valence-electron chi connectivity index (χ3n) is 3.94.